The summed E-state index contributed by atoms with van der Waals surface area (Å²) in [4.78, 5) is 4.27. The van der Waals surface area contributed by atoms with Gasteiger partial charge in [0.1, 0.15) is 12.4 Å². The van der Waals surface area contributed by atoms with E-state index < -0.39 is 0 Å². The average molecular weight is 355 g/mol. The largest absolute Gasteiger partial charge is 0.491 e. The van der Waals surface area contributed by atoms with Crippen LogP contribution in [-0.2, 0) is 17.7 Å². The van der Waals surface area contributed by atoms with Gasteiger partial charge in [0.15, 0.2) is 5.96 Å². The molecule has 26 heavy (non-hydrogen) atoms. The predicted molar refractivity (Wildman–Crippen MR) is 107 cm³/mol. The van der Waals surface area contributed by atoms with E-state index >= 15 is 0 Å². The standard InChI is InChI=1S/C21H29N3O2/c1-22-21(23-14-6-9-18-7-4-3-5-8-18)24-17-19-10-12-20(13-11-19)26-16-15-25-2/h3-5,7-8,10-13H,6,9,14-17H2,1-2H3,(H2,22,23,24). The van der Waals surface area contributed by atoms with E-state index in [4.69, 9.17) is 9.47 Å². The zero-order valence-electron chi connectivity index (χ0n) is 15.7. The number of ether oxygens (including phenoxy) is 2. The molecule has 0 atom stereocenters. The minimum atomic E-state index is 0.563. The Morgan fingerprint density at radius 3 is 2.38 bits per heavy atom. The Morgan fingerprint density at radius 2 is 1.69 bits per heavy atom. The highest BCUT2D eigenvalue weighted by Crippen LogP contribution is 2.12. The highest BCUT2D eigenvalue weighted by atomic mass is 16.5. The Labute approximate surface area is 156 Å². The molecule has 0 aromatic heterocycles. The third-order valence-electron chi connectivity index (χ3n) is 3.94. The molecule has 0 aliphatic carbocycles. The van der Waals surface area contributed by atoms with Gasteiger partial charge in [0.05, 0.1) is 6.61 Å². The van der Waals surface area contributed by atoms with Gasteiger partial charge in [0, 0.05) is 27.2 Å². The van der Waals surface area contributed by atoms with Crippen LogP contribution in [0.4, 0.5) is 0 Å². The maximum absolute atomic E-state index is 5.57. The van der Waals surface area contributed by atoms with Crippen molar-refractivity contribution in [1.29, 1.82) is 0 Å². The summed E-state index contributed by atoms with van der Waals surface area (Å²) in [6, 6.07) is 18.6. The first-order valence-electron chi connectivity index (χ1n) is 9.01. The highest BCUT2D eigenvalue weighted by molar-refractivity contribution is 5.79. The van der Waals surface area contributed by atoms with Crippen molar-refractivity contribution in [3.8, 4) is 5.75 Å². The molecule has 5 heteroatoms. The number of nitrogens with zero attached hydrogens (tertiary/aromatic N) is 1. The number of benzene rings is 2. The normalized spacial score (nSPS) is 11.2. The van der Waals surface area contributed by atoms with Gasteiger partial charge in [-0.1, -0.05) is 42.5 Å². The minimum Gasteiger partial charge on any atom is -0.491 e. The van der Waals surface area contributed by atoms with E-state index in [0.717, 1.165) is 37.6 Å². The van der Waals surface area contributed by atoms with E-state index in [0.29, 0.717) is 13.2 Å². The number of hydrogen-bond acceptors (Lipinski definition) is 3. The molecule has 0 unspecified atom stereocenters. The van der Waals surface area contributed by atoms with Crippen molar-refractivity contribution < 1.29 is 9.47 Å². The molecule has 0 heterocycles. The molecule has 140 valence electrons. The maximum atomic E-state index is 5.57. The molecule has 5 nitrogen and oxygen atoms in total. The molecule has 0 fully saturated rings. The summed E-state index contributed by atoms with van der Waals surface area (Å²) < 4.78 is 10.5. The summed E-state index contributed by atoms with van der Waals surface area (Å²) in [5.41, 5.74) is 2.54. The zero-order valence-corrected chi connectivity index (χ0v) is 15.7. The Kier molecular flexibility index (Phi) is 9.08. The molecular weight excluding hydrogens is 326 g/mol. The van der Waals surface area contributed by atoms with Crippen LogP contribution < -0.4 is 15.4 Å². The first kappa shape index (κ1) is 19.8. The third-order valence-corrected chi connectivity index (χ3v) is 3.94. The minimum absolute atomic E-state index is 0.563. The molecule has 0 aliphatic rings. The van der Waals surface area contributed by atoms with Gasteiger partial charge in [-0.3, -0.25) is 4.99 Å². The van der Waals surface area contributed by atoms with E-state index in [2.05, 4.69) is 52.0 Å². The molecule has 0 amide bonds. The Morgan fingerprint density at radius 1 is 0.923 bits per heavy atom. The maximum Gasteiger partial charge on any atom is 0.191 e. The number of rotatable bonds is 10. The van der Waals surface area contributed by atoms with Crippen LogP contribution in [0.3, 0.4) is 0 Å². The number of aryl methyl sites for hydroxylation is 1. The summed E-state index contributed by atoms with van der Waals surface area (Å²) in [5.74, 6) is 1.67. The smallest absolute Gasteiger partial charge is 0.191 e. The van der Waals surface area contributed by atoms with Gasteiger partial charge in [-0.15, -0.1) is 0 Å². The summed E-state index contributed by atoms with van der Waals surface area (Å²) in [7, 11) is 3.46. The van der Waals surface area contributed by atoms with Crippen LogP contribution in [-0.4, -0.2) is 39.9 Å². The fourth-order valence-electron chi connectivity index (χ4n) is 2.50. The van der Waals surface area contributed by atoms with Crippen LogP contribution in [0.1, 0.15) is 17.5 Å². The van der Waals surface area contributed by atoms with Crippen molar-refractivity contribution in [2.75, 3.05) is 33.9 Å². The van der Waals surface area contributed by atoms with Crippen molar-refractivity contribution in [1.82, 2.24) is 10.6 Å². The van der Waals surface area contributed by atoms with Crippen molar-refractivity contribution >= 4 is 5.96 Å². The van der Waals surface area contributed by atoms with E-state index in [1.807, 2.05) is 18.2 Å². The Bertz CT molecular complexity index is 642. The van der Waals surface area contributed by atoms with Crippen LogP contribution in [0.2, 0.25) is 0 Å². The van der Waals surface area contributed by atoms with Gasteiger partial charge in [-0.2, -0.15) is 0 Å². The fourth-order valence-corrected chi connectivity index (χ4v) is 2.50. The van der Waals surface area contributed by atoms with E-state index in [1.165, 1.54) is 11.1 Å². The quantitative estimate of drug-likeness (QED) is 0.391. The van der Waals surface area contributed by atoms with Crippen LogP contribution in [0.5, 0.6) is 5.75 Å². The van der Waals surface area contributed by atoms with Crippen LogP contribution >= 0.6 is 0 Å². The molecule has 2 aromatic carbocycles. The molecule has 0 radical (unpaired) electrons. The lowest BCUT2D eigenvalue weighted by molar-refractivity contribution is 0.146. The van der Waals surface area contributed by atoms with Crippen molar-refractivity contribution in [3.63, 3.8) is 0 Å². The lowest BCUT2D eigenvalue weighted by Crippen LogP contribution is -2.37. The summed E-state index contributed by atoms with van der Waals surface area (Å²) in [6.07, 6.45) is 2.13. The Hall–Kier alpha value is -2.53. The topological polar surface area (TPSA) is 54.9 Å². The average Bonchev–Trinajstić information content (AvgIpc) is 2.69. The number of nitrogens with one attached hydrogen (secondary N) is 2. The summed E-state index contributed by atoms with van der Waals surface area (Å²) in [5, 5.41) is 6.69. The first-order chi connectivity index (χ1) is 12.8. The number of methoxy groups -OCH3 is 1. The van der Waals surface area contributed by atoms with Gasteiger partial charge in [0.25, 0.3) is 0 Å². The molecule has 0 spiro atoms. The van der Waals surface area contributed by atoms with Crippen LogP contribution in [0.15, 0.2) is 59.6 Å². The van der Waals surface area contributed by atoms with E-state index in [1.54, 1.807) is 14.2 Å². The molecule has 2 N–H and O–H groups in total. The van der Waals surface area contributed by atoms with E-state index in [-0.39, 0.29) is 0 Å². The second-order valence-electron chi connectivity index (χ2n) is 5.93. The van der Waals surface area contributed by atoms with Crippen molar-refractivity contribution in [3.05, 3.63) is 65.7 Å². The molecular formula is C21H29N3O2. The van der Waals surface area contributed by atoms with E-state index in [9.17, 15) is 0 Å². The molecule has 0 aliphatic heterocycles. The van der Waals surface area contributed by atoms with Gasteiger partial charge in [-0.25, -0.2) is 0 Å². The molecule has 0 saturated carbocycles. The second-order valence-corrected chi connectivity index (χ2v) is 5.93. The lowest BCUT2D eigenvalue weighted by Gasteiger charge is -2.12. The first-order valence-corrected chi connectivity index (χ1v) is 9.01. The Balaban J connectivity index is 1.66. The third kappa shape index (κ3) is 7.57. The van der Waals surface area contributed by atoms with Gasteiger partial charge in [0.2, 0.25) is 0 Å². The van der Waals surface area contributed by atoms with Crippen molar-refractivity contribution in [2.45, 2.75) is 19.4 Å². The summed E-state index contributed by atoms with van der Waals surface area (Å²) >= 11 is 0. The van der Waals surface area contributed by atoms with Gasteiger partial charge in [-0.05, 0) is 36.1 Å². The molecule has 0 saturated heterocycles. The number of aliphatic imine (C=N–C) groups is 1. The van der Waals surface area contributed by atoms with Crippen LogP contribution in [0.25, 0.3) is 0 Å². The lowest BCUT2D eigenvalue weighted by atomic mass is 10.1. The fraction of sp³-hybridized carbons (Fsp3) is 0.381. The molecule has 2 rings (SSSR count). The van der Waals surface area contributed by atoms with Crippen molar-refractivity contribution in [2.24, 2.45) is 4.99 Å². The second kappa shape index (κ2) is 11.9. The summed E-state index contributed by atoms with van der Waals surface area (Å²) in [6.45, 7) is 2.76. The van der Waals surface area contributed by atoms with Crippen LogP contribution in [0, 0.1) is 0 Å². The SMILES string of the molecule is CN=C(NCCCc1ccccc1)NCc1ccc(OCCOC)cc1. The zero-order chi connectivity index (χ0) is 18.5. The molecule has 0 bridgehead atoms. The van der Waals surface area contributed by atoms with Gasteiger partial charge >= 0.3 is 0 Å². The number of hydrogen-bond donors (Lipinski definition) is 2. The molecule has 2 aromatic rings. The monoisotopic (exact) mass is 355 g/mol. The predicted octanol–water partition coefficient (Wildman–Crippen LogP) is 3.01. The van der Waals surface area contributed by atoms with Gasteiger partial charge < -0.3 is 20.1 Å². The number of guanidine groups is 1. The highest BCUT2D eigenvalue weighted by Gasteiger charge is 2.00.